The number of aromatic nitrogens is 3. The van der Waals surface area contributed by atoms with Crippen LogP contribution in [0.2, 0.25) is 0 Å². The second kappa shape index (κ2) is 7.54. The van der Waals surface area contributed by atoms with E-state index in [9.17, 15) is 9.59 Å². The van der Waals surface area contributed by atoms with E-state index >= 15 is 0 Å². The summed E-state index contributed by atoms with van der Waals surface area (Å²) in [6.45, 7) is 4.09. The number of pyridine rings is 1. The molecule has 0 radical (unpaired) electrons. The fourth-order valence-corrected chi connectivity index (χ4v) is 3.53. The molecular formula is C23H24N4O2. The van der Waals surface area contributed by atoms with E-state index in [0.717, 1.165) is 30.5 Å². The topological polar surface area (TPSA) is 68.4 Å². The number of carbonyl (C=O) groups is 1. The molecule has 148 valence electrons. The van der Waals surface area contributed by atoms with Crippen molar-refractivity contribution in [3.8, 4) is 0 Å². The van der Waals surface area contributed by atoms with Crippen molar-refractivity contribution < 1.29 is 4.79 Å². The highest BCUT2D eigenvalue weighted by molar-refractivity contribution is 6.06. The summed E-state index contributed by atoms with van der Waals surface area (Å²) in [5.74, 6) is -0.267. The molecule has 0 saturated heterocycles. The second-order valence-electron chi connectivity index (χ2n) is 7.43. The summed E-state index contributed by atoms with van der Waals surface area (Å²) in [6.07, 6.45) is 5.10. The Morgan fingerprint density at radius 2 is 1.90 bits per heavy atom. The fraction of sp³-hybridized carbons (Fsp3) is 0.261. The molecule has 0 aliphatic carbocycles. The number of amides is 1. The van der Waals surface area contributed by atoms with Gasteiger partial charge in [0.25, 0.3) is 11.5 Å². The van der Waals surface area contributed by atoms with E-state index in [4.69, 9.17) is 0 Å². The highest BCUT2D eigenvalue weighted by Gasteiger charge is 2.18. The number of nitrogens with zero attached hydrogens (tertiary/aromatic N) is 3. The first kappa shape index (κ1) is 18.9. The number of rotatable bonds is 5. The van der Waals surface area contributed by atoms with Crippen molar-refractivity contribution in [2.45, 2.75) is 33.1 Å². The first-order chi connectivity index (χ1) is 14.0. The number of hydrogen-bond donors (Lipinski definition) is 1. The van der Waals surface area contributed by atoms with Crippen molar-refractivity contribution in [3.05, 3.63) is 75.8 Å². The van der Waals surface area contributed by atoms with Crippen molar-refractivity contribution in [3.63, 3.8) is 0 Å². The van der Waals surface area contributed by atoms with Gasteiger partial charge in [0.15, 0.2) is 0 Å². The molecule has 0 aliphatic rings. The number of unbranched alkanes of at least 4 members (excludes halogenated alkanes) is 1. The molecule has 1 aromatic carbocycles. The quantitative estimate of drug-likeness (QED) is 0.560. The predicted molar refractivity (Wildman–Crippen MR) is 116 cm³/mol. The van der Waals surface area contributed by atoms with Crippen LogP contribution in [0.4, 0.5) is 5.69 Å². The third kappa shape index (κ3) is 3.53. The van der Waals surface area contributed by atoms with Gasteiger partial charge < -0.3 is 9.88 Å². The molecule has 1 amide bonds. The van der Waals surface area contributed by atoms with E-state index in [1.165, 1.54) is 9.96 Å². The Balaban J connectivity index is 1.67. The minimum Gasteiger partial charge on any atom is -0.324 e. The Hall–Kier alpha value is -3.41. The third-order valence-corrected chi connectivity index (χ3v) is 5.21. The number of fused-ring (bicyclic) bond motifs is 2. The Bertz CT molecular complexity index is 1270. The molecule has 29 heavy (non-hydrogen) atoms. The maximum atomic E-state index is 12.9. The van der Waals surface area contributed by atoms with E-state index in [0.29, 0.717) is 22.4 Å². The molecule has 3 aromatic heterocycles. The number of hydrogen-bond acceptors (Lipinski definition) is 3. The van der Waals surface area contributed by atoms with Gasteiger partial charge in [0.05, 0.1) is 5.39 Å². The molecule has 6 heteroatoms. The van der Waals surface area contributed by atoms with Crippen molar-refractivity contribution in [2.75, 3.05) is 5.32 Å². The summed E-state index contributed by atoms with van der Waals surface area (Å²) in [5.41, 5.74) is 4.23. The summed E-state index contributed by atoms with van der Waals surface area (Å²) in [4.78, 5) is 30.3. The maximum absolute atomic E-state index is 12.9. The van der Waals surface area contributed by atoms with Crippen molar-refractivity contribution >= 4 is 28.3 Å². The first-order valence-corrected chi connectivity index (χ1v) is 9.86. The number of benzene rings is 1. The molecule has 6 nitrogen and oxygen atoms in total. The molecule has 0 fully saturated rings. The normalized spacial score (nSPS) is 11.3. The first-order valence-electron chi connectivity index (χ1n) is 9.86. The van der Waals surface area contributed by atoms with Crippen LogP contribution in [0.1, 0.15) is 41.4 Å². The van der Waals surface area contributed by atoms with Crippen LogP contribution < -0.4 is 10.9 Å². The van der Waals surface area contributed by atoms with E-state index in [2.05, 4.69) is 17.2 Å². The van der Waals surface area contributed by atoms with Crippen LogP contribution in [0.25, 0.3) is 16.7 Å². The summed E-state index contributed by atoms with van der Waals surface area (Å²) in [7, 11) is 1.75. The molecule has 0 atom stereocenters. The van der Waals surface area contributed by atoms with Gasteiger partial charge in [-0.1, -0.05) is 31.5 Å². The molecule has 4 rings (SSSR count). The van der Waals surface area contributed by atoms with E-state index in [1.807, 2.05) is 43.3 Å². The summed E-state index contributed by atoms with van der Waals surface area (Å²) in [6, 6.07) is 13.2. The third-order valence-electron chi connectivity index (χ3n) is 5.21. The molecule has 1 N–H and O–H groups in total. The molecule has 4 aromatic rings. The minimum atomic E-state index is -0.267. The number of aryl methyl sites for hydroxylation is 3. The lowest BCUT2D eigenvalue weighted by Gasteiger charge is -2.08. The summed E-state index contributed by atoms with van der Waals surface area (Å²) >= 11 is 0. The van der Waals surface area contributed by atoms with Gasteiger partial charge in [-0.3, -0.25) is 14.0 Å². The lowest BCUT2D eigenvalue weighted by Crippen LogP contribution is -2.16. The average molecular weight is 388 g/mol. The van der Waals surface area contributed by atoms with Crippen LogP contribution >= 0.6 is 0 Å². The summed E-state index contributed by atoms with van der Waals surface area (Å²) in [5, 5.41) is 3.34. The SMILES string of the molecule is CCCCc1ccc(NC(=O)c2cc3c(=O)n4cc(C)ccc4nc3n2C)cc1. The fourth-order valence-electron chi connectivity index (χ4n) is 3.53. The zero-order valence-electron chi connectivity index (χ0n) is 16.9. The van der Waals surface area contributed by atoms with Crippen molar-refractivity contribution in [1.29, 1.82) is 0 Å². The van der Waals surface area contributed by atoms with Gasteiger partial charge in [-0.15, -0.1) is 0 Å². The minimum absolute atomic E-state index is 0.177. The van der Waals surface area contributed by atoms with Crippen LogP contribution in [0.15, 0.2) is 53.5 Å². The van der Waals surface area contributed by atoms with Gasteiger partial charge in [0.1, 0.15) is 17.0 Å². The average Bonchev–Trinajstić information content (AvgIpc) is 3.05. The van der Waals surface area contributed by atoms with Crippen molar-refractivity contribution in [1.82, 2.24) is 14.0 Å². The van der Waals surface area contributed by atoms with Crippen LogP contribution in [0, 0.1) is 6.92 Å². The highest BCUT2D eigenvalue weighted by Crippen LogP contribution is 2.18. The lowest BCUT2D eigenvalue weighted by molar-refractivity contribution is 0.101. The molecule has 0 unspecified atom stereocenters. The number of anilines is 1. The maximum Gasteiger partial charge on any atom is 0.272 e. The monoisotopic (exact) mass is 388 g/mol. The Kier molecular flexibility index (Phi) is 4.92. The van der Waals surface area contributed by atoms with Gasteiger partial charge in [-0.05, 0) is 55.2 Å². The van der Waals surface area contributed by atoms with Gasteiger partial charge in [0, 0.05) is 18.9 Å². The van der Waals surface area contributed by atoms with Crippen LogP contribution in [0.3, 0.4) is 0 Å². The van der Waals surface area contributed by atoms with Gasteiger partial charge in [-0.2, -0.15) is 0 Å². The molecule has 0 saturated carbocycles. The lowest BCUT2D eigenvalue weighted by atomic mass is 10.1. The van der Waals surface area contributed by atoms with Crippen LogP contribution in [0.5, 0.6) is 0 Å². The van der Waals surface area contributed by atoms with E-state index in [1.54, 1.807) is 23.9 Å². The van der Waals surface area contributed by atoms with E-state index in [-0.39, 0.29) is 11.5 Å². The molecule has 3 heterocycles. The van der Waals surface area contributed by atoms with Crippen LogP contribution in [-0.4, -0.2) is 19.9 Å². The molecule has 0 spiro atoms. The second-order valence-corrected chi connectivity index (χ2v) is 7.43. The Morgan fingerprint density at radius 1 is 1.14 bits per heavy atom. The van der Waals surface area contributed by atoms with Crippen LogP contribution in [-0.2, 0) is 13.5 Å². The molecule has 0 aliphatic heterocycles. The predicted octanol–water partition coefficient (Wildman–Crippen LogP) is 4.09. The molecular weight excluding hydrogens is 364 g/mol. The standard InChI is InChI=1S/C23H24N4O2/c1-4-5-6-16-8-10-17(11-9-16)24-22(28)19-13-18-21(26(19)3)25-20-12-7-15(2)14-27(20)23(18)29/h7-14H,4-6H2,1-3H3,(H,24,28). The molecule has 0 bridgehead atoms. The number of carbonyl (C=O) groups excluding carboxylic acids is 1. The number of nitrogens with one attached hydrogen (secondary N) is 1. The Labute approximate surface area is 168 Å². The zero-order chi connectivity index (χ0) is 20.5. The van der Waals surface area contributed by atoms with Gasteiger partial charge >= 0.3 is 0 Å². The van der Waals surface area contributed by atoms with E-state index < -0.39 is 0 Å². The van der Waals surface area contributed by atoms with Gasteiger partial charge in [-0.25, -0.2) is 4.98 Å². The largest absolute Gasteiger partial charge is 0.324 e. The Morgan fingerprint density at radius 3 is 2.62 bits per heavy atom. The van der Waals surface area contributed by atoms with Crippen molar-refractivity contribution in [2.24, 2.45) is 7.05 Å². The van der Waals surface area contributed by atoms with Gasteiger partial charge in [0.2, 0.25) is 0 Å². The zero-order valence-corrected chi connectivity index (χ0v) is 16.9. The summed E-state index contributed by atoms with van der Waals surface area (Å²) < 4.78 is 3.19. The highest BCUT2D eigenvalue weighted by atomic mass is 16.2. The smallest absolute Gasteiger partial charge is 0.272 e.